The molecule has 0 saturated carbocycles. The van der Waals surface area contributed by atoms with Crippen LogP contribution in [0.4, 0.5) is 0 Å². The summed E-state index contributed by atoms with van der Waals surface area (Å²) in [6.07, 6.45) is 0. The summed E-state index contributed by atoms with van der Waals surface area (Å²) < 4.78 is 6.12. The number of hydrogen-bond acceptors (Lipinski definition) is 1. The second-order valence-electron chi connectivity index (χ2n) is 7.57. The van der Waals surface area contributed by atoms with E-state index < -0.39 is 0 Å². The highest BCUT2D eigenvalue weighted by Gasteiger charge is 2.13. The third kappa shape index (κ3) is 6.00. The molecule has 0 spiro atoms. The average Bonchev–Trinajstić information content (AvgIpc) is 2.88. The van der Waals surface area contributed by atoms with Crippen molar-refractivity contribution in [2.75, 3.05) is 10.7 Å². The molecular formula is C28H22Br4O. The second-order valence-corrected chi connectivity index (χ2v) is 11.1. The normalized spacial score (nSPS) is 12.8. The van der Waals surface area contributed by atoms with Crippen molar-refractivity contribution in [3.8, 4) is 33.8 Å². The lowest BCUT2D eigenvalue weighted by molar-refractivity contribution is 0.483. The molecule has 33 heavy (non-hydrogen) atoms. The fraction of sp³-hybridized carbons (Fsp3) is 0.143. The van der Waals surface area contributed by atoms with Crippen molar-refractivity contribution >= 4 is 63.7 Å². The van der Waals surface area contributed by atoms with Gasteiger partial charge in [-0.25, -0.2) is 0 Å². The van der Waals surface area contributed by atoms with E-state index in [2.05, 4.69) is 137 Å². The van der Waals surface area contributed by atoms with E-state index >= 15 is 0 Å². The zero-order valence-corrected chi connectivity index (χ0v) is 24.1. The van der Waals surface area contributed by atoms with Crippen molar-refractivity contribution in [3.63, 3.8) is 0 Å². The minimum Gasteiger partial charge on any atom is -0.457 e. The lowest BCUT2D eigenvalue weighted by atomic mass is 9.98. The first-order valence-electron chi connectivity index (χ1n) is 10.6. The summed E-state index contributed by atoms with van der Waals surface area (Å²) in [5.41, 5.74) is 7.33. The Hall–Kier alpha value is -1.40. The SMILES string of the molecule is BrCC(Br)c1ccccc1-c1ccc(Oc2ccc(-c3ccccc3C(Br)CBr)cc2)cc1. The summed E-state index contributed by atoms with van der Waals surface area (Å²) in [6, 6.07) is 33.5. The van der Waals surface area contributed by atoms with Gasteiger partial charge in [0.25, 0.3) is 0 Å². The van der Waals surface area contributed by atoms with Gasteiger partial charge in [0.15, 0.2) is 0 Å². The standard InChI is InChI=1S/C28H22Br4O/c29-17-27(31)25-7-3-1-5-23(25)19-9-13-21(14-10-19)33-22-15-11-20(12-16-22)24-6-2-4-8-26(24)28(32)18-30/h1-16,27-28H,17-18H2. The van der Waals surface area contributed by atoms with Crippen LogP contribution in [0.1, 0.15) is 20.8 Å². The van der Waals surface area contributed by atoms with Crippen molar-refractivity contribution in [1.82, 2.24) is 0 Å². The van der Waals surface area contributed by atoms with Gasteiger partial charge in [-0.3, -0.25) is 0 Å². The van der Waals surface area contributed by atoms with Crippen molar-refractivity contribution in [3.05, 3.63) is 108 Å². The van der Waals surface area contributed by atoms with Gasteiger partial charge in [-0.05, 0) is 57.6 Å². The van der Waals surface area contributed by atoms with E-state index in [1.165, 1.54) is 33.4 Å². The van der Waals surface area contributed by atoms with Crippen molar-refractivity contribution in [2.45, 2.75) is 9.65 Å². The highest BCUT2D eigenvalue weighted by molar-refractivity contribution is 9.12. The van der Waals surface area contributed by atoms with Gasteiger partial charge < -0.3 is 4.74 Å². The van der Waals surface area contributed by atoms with Crippen LogP contribution in [-0.4, -0.2) is 10.7 Å². The Kier molecular flexibility index (Phi) is 8.86. The van der Waals surface area contributed by atoms with Crippen LogP contribution < -0.4 is 4.74 Å². The predicted octanol–water partition coefficient (Wildman–Crippen LogP) is 10.5. The maximum atomic E-state index is 6.12. The molecule has 0 amide bonds. The van der Waals surface area contributed by atoms with Crippen LogP contribution in [0.5, 0.6) is 11.5 Å². The van der Waals surface area contributed by atoms with Crippen LogP contribution in [0.3, 0.4) is 0 Å². The molecular weight excluding hydrogens is 672 g/mol. The van der Waals surface area contributed by atoms with Gasteiger partial charge in [-0.15, -0.1) is 0 Å². The minimum absolute atomic E-state index is 0.266. The molecule has 0 aromatic heterocycles. The molecule has 2 unspecified atom stereocenters. The number of alkyl halides is 4. The molecule has 0 aliphatic carbocycles. The van der Waals surface area contributed by atoms with Gasteiger partial charge in [0.2, 0.25) is 0 Å². The summed E-state index contributed by atoms with van der Waals surface area (Å²) in [6.45, 7) is 0. The van der Waals surface area contributed by atoms with E-state index in [1.54, 1.807) is 0 Å². The average molecular weight is 694 g/mol. The molecule has 4 aromatic rings. The van der Waals surface area contributed by atoms with Crippen LogP contribution in [-0.2, 0) is 0 Å². The van der Waals surface area contributed by atoms with Crippen molar-refractivity contribution < 1.29 is 4.74 Å². The quantitative estimate of drug-likeness (QED) is 0.167. The fourth-order valence-corrected chi connectivity index (χ4v) is 5.27. The van der Waals surface area contributed by atoms with Gasteiger partial charge in [-0.1, -0.05) is 137 Å². The first-order valence-corrected chi connectivity index (χ1v) is 14.6. The molecule has 0 fully saturated rings. The van der Waals surface area contributed by atoms with Gasteiger partial charge in [0.05, 0.1) is 0 Å². The molecule has 2 atom stereocenters. The third-order valence-corrected chi connectivity index (χ3v) is 10.1. The summed E-state index contributed by atoms with van der Waals surface area (Å²) in [4.78, 5) is 0.533. The van der Waals surface area contributed by atoms with E-state index in [1.807, 2.05) is 24.3 Å². The zero-order chi connectivity index (χ0) is 23.2. The molecule has 168 valence electrons. The van der Waals surface area contributed by atoms with Crippen LogP contribution in [0, 0.1) is 0 Å². The molecule has 0 bridgehead atoms. The Labute approximate surface area is 229 Å². The Bertz CT molecular complexity index is 1090. The third-order valence-electron chi connectivity index (χ3n) is 5.43. The Morgan fingerprint density at radius 1 is 0.515 bits per heavy atom. The topological polar surface area (TPSA) is 9.23 Å². The first kappa shape index (κ1) is 24.7. The lowest BCUT2D eigenvalue weighted by Gasteiger charge is -2.15. The zero-order valence-electron chi connectivity index (χ0n) is 17.7. The highest BCUT2D eigenvalue weighted by Crippen LogP contribution is 2.36. The summed E-state index contributed by atoms with van der Waals surface area (Å²) in [5.74, 6) is 1.64. The molecule has 0 N–H and O–H groups in total. The minimum atomic E-state index is 0.266. The maximum absolute atomic E-state index is 6.12. The number of ether oxygens (including phenoxy) is 1. The number of hydrogen-bond donors (Lipinski definition) is 0. The molecule has 0 aliphatic heterocycles. The van der Waals surface area contributed by atoms with E-state index in [0.717, 1.165) is 22.2 Å². The Morgan fingerprint density at radius 2 is 0.879 bits per heavy atom. The lowest BCUT2D eigenvalue weighted by Crippen LogP contribution is -1.95. The Balaban J connectivity index is 1.52. The molecule has 0 aliphatic rings. The fourth-order valence-electron chi connectivity index (χ4n) is 3.77. The van der Waals surface area contributed by atoms with Crippen LogP contribution in [0.25, 0.3) is 22.3 Å². The van der Waals surface area contributed by atoms with Crippen LogP contribution in [0.15, 0.2) is 97.1 Å². The highest BCUT2D eigenvalue weighted by atomic mass is 79.9. The maximum Gasteiger partial charge on any atom is 0.127 e. The summed E-state index contributed by atoms with van der Waals surface area (Å²) in [5, 5.41) is 1.72. The van der Waals surface area contributed by atoms with Crippen molar-refractivity contribution in [1.29, 1.82) is 0 Å². The van der Waals surface area contributed by atoms with E-state index in [-0.39, 0.29) is 9.65 Å². The van der Waals surface area contributed by atoms with Gasteiger partial charge >= 0.3 is 0 Å². The largest absolute Gasteiger partial charge is 0.457 e. The molecule has 4 aromatic carbocycles. The molecule has 4 rings (SSSR count). The van der Waals surface area contributed by atoms with E-state index in [4.69, 9.17) is 4.74 Å². The summed E-state index contributed by atoms with van der Waals surface area (Å²) in [7, 11) is 0. The van der Waals surface area contributed by atoms with Gasteiger partial charge in [-0.2, -0.15) is 0 Å². The number of benzene rings is 4. The molecule has 0 heterocycles. The van der Waals surface area contributed by atoms with Crippen LogP contribution in [0.2, 0.25) is 0 Å². The summed E-state index contributed by atoms with van der Waals surface area (Å²) >= 11 is 14.6. The van der Waals surface area contributed by atoms with E-state index in [0.29, 0.717) is 0 Å². The van der Waals surface area contributed by atoms with Crippen LogP contribution >= 0.6 is 63.7 Å². The first-order chi connectivity index (χ1) is 16.1. The molecule has 1 nitrogen and oxygen atoms in total. The van der Waals surface area contributed by atoms with E-state index in [9.17, 15) is 0 Å². The monoisotopic (exact) mass is 690 g/mol. The second kappa shape index (κ2) is 11.8. The molecule has 5 heteroatoms. The van der Waals surface area contributed by atoms with Gasteiger partial charge in [0, 0.05) is 20.3 Å². The number of halogens is 4. The smallest absolute Gasteiger partial charge is 0.127 e. The van der Waals surface area contributed by atoms with Crippen molar-refractivity contribution in [2.24, 2.45) is 0 Å². The Morgan fingerprint density at radius 3 is 1.24 bits per heavy atom. The predicted molar refractivity (Wildman–Crippen MR) is 155 cm³/mol. The molecule has 0 saturated heterocycles. The van der Waals surface area contributed by atoms with Gasteiger partial charge in [0.1, 0.15) is 11.5 Å². The molecule has 0 radical (unpaired) electrons. The number of rotatable bonds is 8.